The molecule has 7 heteroatoms. The molecular weight excluding hydrogens is 474 g/mol. The highest BCUT2D eigenvalue weighted by Gasteiger charge is 2.29. The van der Waals surface area contributed by atoms with Gasteiger partial charge in [-0.2, -0.15) is 0 Å². The molecule has 0 spiro atoms. The van der Waals surface area contributed by atoms with Gasteiger partial charge in [-0.15, -0.1) is 5.10 Å². The fourth-order valence-corrected chi connectivity index (χ4v) is 5.74. The molecule has 4 aromatic rings. The van der Waals surface area contributed by atoms with Crippen LogP contribution in [0.3, 0.4) is 0 Å². The first-order valence-electron chi connectivity index (χ1n) is 13.2. The lowest BCUT2D eigenvalue weighted by atomic mass is 9.99. The zero-order valence-electron chi connectivity index (χ0n) is 21.8. The minimum Gasteiger partial charge on any atom is -0.480 e. The molecule has 1 fully saturated rings. The maximum Gasteiger partial charge on any atom is 0.298 e. The predicted octanol–water partition coefficient (Wildman–Crippen LogP) is 4.66. The van der Waals surface area contributed by atoms with Gasteiger partial charge in [-0.25, -0.2) is 9.50 Å². The lowest BCUT2D eigenvalue weighted by molar-refractivity contribution is -0.126. The van der Waals surface area contributed by atoms with E-state index < -0.39 is 0 Å². The van der Waals surface area contributed by atoms with Crippen molar-refractivity contribution in [3.8, 4) is 40.2 Å². The molecule has 0 unspecified atom stereocenters. The monoisotopic (exact) mass is 505 g/mol. The number of piperidine rings is 1. The van der Waals surface area contributed by atoms with Gasteiger partial charge in [-0.3, -0.25) is 4.79 Å². The SMILES string of the molecule is CC#CC(=O)N1CCC(N[C@H]2CCc3cc(-c4nc5ccc(OC)nn5c4-c4ccccc4)ccc32)CC1. The number of carbonyl (C=O) groups excluding carboxylic acids is 1. The van der Waals surface area contributed by atoms with Crippen LogP contribution in [-0.2, 0) is 11.2 Å². The average molecular weight is 506 g/mol. The third-order valence-electron chi connectivity index (χ3n) is 7.65. The molecule has 1 N–H and O–H groups in total. The molecule has 1 aliphatic carbocycles. The number of aryl methyl sites for hydroxylation is 1. The number of methoxy groups -OCH3 is 1. The van der Waals surface area contributed by atoms with E-state index in [1.54, 1.807) is 14.0 Å². The molecule has 38 heavy (non-hydrogen) atoms. The van der Waals surface area contributed by atoms with Gasteiger partial charge in [-0.1, -0.05) is 48.4 Å². The van der Waals surface area contributed by atoms with Crippen molar-refractivity contribution < 1.29 is 9.53 Å². The fourth-order valence-electron chi connectivity index (χ4n) is 5.74. The maximum absolute atomic E-state index is 12.1. The van der Waals surface area contributed by atoms with Gasteiger partial charge in [0.2, 0.25) is 5.88 Å². The van der Waals surface area contributed by atoms with Crippen LogP contribution in [0.15, 0.2) is 60.7 Å². The molecule has 0 bridgehead atoms. The van der Waals surface area contributed by atoms with E-state index >= 15 is 0 Å². The van der Waals surface area contributed by atoms with Crippen LogP contribution in [-0.4, -0.2) is 51.6 Å². The number of fused-ring (bicyclic) bond motifs is 2. The summed E-state index contributed by atoms with van der Waals surface area (Å²) in [5.41, 5.74) is 7.56. The number of amides is 1. The van der Waals surface area contributed by atoms with Crippen LogP contribution in [0.2, 0.25) is 0 Å². The van der Waals surface area contributed by atoms with Crippen molar-refractivity contribution in [1.82, 2.24) is 24.8 Å². The number of benzene rings is 2. The number of aromatic nitrogens is 3. The van der Waals surface area contributed by atoms with E-state index in [0.29, 0.717) is 18.0 Å². The molecule has 1 saturated heterocycles. The first-order chi connectivity index (χ1) is 18.6. The average Bonchev–Trinajstić information content (AvgIpc) is 3.54. The minimum atomic E-state index is -0.0554. The van der Waals surface area contributed by atoms with E-state index in [2.05, 4.69) is 52.6 Å². The highest BCUT2D eigenvalue weighted by molar-refractivity contribution is 5.93. The van der Waals surface area contributed by atoms with Gasteiger partial charge in [0.25, 0.3) is 5.91 Å². The Morgan fingerprint density at radius 2 is 1.84 bits per heavy atom. The van der Waals surface area contributed by atoms with Gasteiger partial charge < -0.3 is 15.0 Å². The molecule has 0 radical (unpaired) electrons. The van der Waals surface area contributed by atoms with E-state index in [-0.39, 0.29) is 5.91 Å². The summed E-state index contributed by atoms with van der Waals surface area (Å²) in [4.78, 5) is 18.9. The van der Waals surface area contributed by atoms with Crippen molar-refractivity contribution >= 4 is 11.6 Å². The Morgan fingerprint density at radius 1 is 1.03 bits per heavy atom. The molecule has 7 nitrogen and oxygen atoms in total. The second-order valence-corrected chi connectivity index (χ2v) is 9.93. The van der Waals surface area contributed by atoms with Gasteiger partial charge in [-0.05, 0) is 61.8 Å². The summed E-state index contributed by atoms with van der Waals surface area (Å²) >= 11 is 0. The second kappa shape index (κ2) is 10.3. The molecule has 1 amide bonds. The highest BCUT2D eigenvalue weighted by Crippen LogP contribution is 2.38. The summed E-state index contributed by atoms with van der Waals surface area (Å²) in [6.45, 7) is 3.23. The Balaban J connectivity index is 1.26. The molecule has 1 atom stereocenters. The lowest BCUT2D eigenvalue weighted by Crippen LogP contribution is -2.45. The van der Waals surface area contributed by atoms with E-state index in [1.165, 1.54) is 11.1 Å². The normalized spacial score (nSPS) is 17.2. The number of nitrogens with one attached hydrogen (secondary N) is 1. The number of hydrogen-bond donors (Lipinski definition) is 1. The Bertz CT molecular complexity index is 1540. The number of carbonyl (C=O) groups is 1. The molecule has 3 heterocycles. The molecule has 192 valence electrons. The van der Waals surface area contributed by atoms with E-state index in [4.69, 9.17) is 9.72 Å². The van der Waals surface area contributed by atoms with Gasteiger partial charge in [0, 0.05) is 42.4 Å². The van der Waals surface area contributed by atoms with Crippen molar-refractivity contribution in [2.24, 2.45) is 0 Å². The van der Waals surface area contributed by atoms with Gasteiger partial charge in [0.05, 0.1) is 12.8 Å². The summed E-state index contributed by atoms with van der Waals surface area (Å²) in [5.74, 6) is 5.87. The third kappa shape index (κ3) is 4.52. The van der Waals surface area contributed by atoms with Crippen molar-refractivity contribution in [1.29, 1.82) is 0 Å². The number of nitrogens with zero attached hydrogens (tertiary/aromatic N) is 4. The Kier molecular flexibility index (Phi) is 6.57. The number of likely N-dealkylation sites (tertiary alicyclic amines) is 1. The number of rotatable bonds is 5. The molecule has 2 aromatic carbocycles. The molecule has 1 aliphatic heterocycles. The maximum atomic E-state index is 12.1. The van der Waals surface area contributed by atoms with Crippen molar-refractivity contribution in [3.05, 3.63) is 71.8 Å². The van der Waals surface area contributed by atoms with E-state index in [9.17, 15) is 4.79 Å². The van der Waals surface area contributed by atoms with Crippen molar-refractivity contribution in [2.45, 2.75) is 44.7 Å². The largest absolute Gasteiger partial charge is 0.480 e. The number of ether oxygens (including phenoxy) is 1. The number of imidazole rings is 1. The number of hydrogen-bond acceptors (Lipinski definition) is 5. The quantitative estimate of drug-likeness (QED) is 0.400. The second-order valence-electron chi connectivity index (χ2n) is 9.93. The van der Waals surface area contributed by atoms with E-state index in [0.717, 1.165) is 66.9 Å². The predicted molar refractivity (Wildman–Crippen MR) is 148 cm³/mol. The third-order valence-corrected chi connectivity index (χ3v) is 7.65. The van der Waals surface area contributed by atoms with Crippen LogP contribution in [0.25, 0.3) is 28.2 Å². The lowest BCUT2D eigenvalue weighted by Gasteiger charge is -2.33. The molecule has 6 rings (SSSR count). The molecule has 2 aromatic heterocycles. The zero-order chi connectivity index (χ0) is 26.1. The van der Waals surface area contributed by atoms with Gasteiger partial charge in [0.15, 0.2) is 5.65 Å². The van der Waals surface area contributed by atoms with Crippen LogP contribution < -0.4 is 10.1 Å². The van der Waals surface area contributed by atoms with E-state index in [1.807, 2.05) is 39.7 Å². The van der Waals surface area contributed by atoms with Crippen molar-refractivity contribution in [3.63, 3.8) is 0 Å². The summed E-state index contributed by atoms with van der Waals surface area (Å²) < 4.78 is 7.28. The van der Waals surface area contributed by atoms with Gasteiger partial charge in [0.1, 0.15) is 5.69 Å². The molecule has 0 saturated carbocycles. The van der Waals surface area contributed by atoms with Crippen LogP contribution in [0.5, 0.6) is 5.88 Å². The highest BCUT2D eigenvalue weighted by atomic mass is 16.5. The molecular formula is C31H31N5O2. The smallest absolute Gasteiger partial charge is 0.298 e. The Morgan fingerprint density at radius 3 is 2.61 bits per heavy atom. The van der Waals surface area contributed by atoms with Crippen LogP contribution >= 0.6 is 0 Å². The standard InChI is InChI=1S/C31H31N5O2/c1-3-7-29(37)35-18-16-24(17-19-35)32-26-13-11-22-20-23(10-12-25(22)26)30-31(21-8-5-4-6-9-21)36-27(33-30)14-15-28(34-36)38-2/h4-6,8-10,12,14-15,20,24,26,32H,11,13,16-19H2,1-2H3/t26-/m0/s1. The van der Waals surface area contributed by atoms with Crippen LogP contribution in [0.1, 0.15) is 43.4 Å². The summed E-state index contributed by atoms with van der Waals surface area (Å²) in [6, 6.07) is 21.6. The zero-order valence-corrected chi connectivity index (χ0v) is 21.8. The minimum absolute atomic E-state index is 0.0554. The fraction of sp³-hybridized carbons (Fsp3) is 0.323. The summed E-state index contributed by atoms with van der Waals surface area (Å²) in [6.07, 6.45) is 4.03. The summed E-state index contributed by atoms with van der Waals surface area (Å²) in [5, 5.41) is 8.56. The Hall–Kier alpha value is -4.15. The Labute approximate surface area is 222 Å². The molecule has 2 aliphatic rings. The first-order valence-corrected chi connectivity index (χ1v) is 13.2. The first kappa shape index (κ1) is 24.2. The summed E-state index contributed by atoms with van der Waals surface area (Å²) in [7, 11) is 1.63. The topological polar surface area (TPSA) is 71.8 Å². The van der Waals surface area contributed by atoms with Crippen LogP contribution in [0, 0.1) is 11.8 Å². The van der Waals surface area contributed by atoms with Crippen molar-refractivity contribution in [2.75, 3.05) is 20.2 Å². The van der Waals surface area contributed by atoms with Crippen LogP contribution in [0.4, 0.5) is 0 Å². The van der Waals surface area contributed by atoms with Gasteiger partial charge >= 0.3 is 0 Å².